The number of nitrogens with zero attached hydrogens (tertiary/aromatic N) is 1. The lowest BCUT2D eigenvalue weighted by molar-refractivity contribution is -0.130. The Morgan fingerprint density at radius 1 is 1.13 bits per heavy atom. The van der Waals surface area contributed by atoms with Gasteiger partial charge in [-0.15, -0.1) is 0 Å². The van der Waals surface area contributed by atoms with Crippen molar-refractivity contribution in [1.82, 2.24) is 4.90 Å². The standard InChI is InChI=1S/C19H21NO3/c1-13(21)11-12-20(2)19(22)18-14-7-3-5-9-16(14)23-17-10-6-4-8-15(17)18/h3-10,13,18,21H,11-12H2,1-2H3. The van der Waals surface area contributed by atoms with Crippen LogP contribution in [0.1, 0.15) is 30.4 Å². The molecule has 0 saturated carbocycles. The molecule has 1 aliphatic heterocycles. The Labute approximate surface area is 136 Å². The highest BCUT2D eigenvalue weighted by molar-refractivity contribution is 5.89. The Morgan fingerprint density at radius 2 is 1.65 bits per heavy atom. The monoisotopic (exact) mass is 311 g/mol. The fourth-order valence-electron chi connectivity index (χ4n) is 2.89. The van der Waals surface area contributed by atoms with Gasteiger partial charge in [0.15, 0.2) is 0 Å². The van der Waals surface area contributed by atoms with Crippen LogP contribution in [0.3, 0.4) is 0 Å². The van der Waals surface area contributed by atoms with Crippen molar-refractivity contribution in [1.29, 1.82) is 0 Å². The van der Waals surface area contributed by atoms with Crippen LogP contribution in [0.25, 0.3) is 0 Å². The number of likely N-dealkylation sites (N-methyl/N-ethyl adjacent to an activating group) is 1. The number of aliphatic hydroxyl groups excluding tert-OH is 1. The van der Waals surface area contributed by atoms with E-state index in [4.69, 9.17) is 4.74 Å². The first-order valence-corrected chi connectivity index (χ1v) is 7.86. The molecule has 1 amide bonds. The van der Waals surface area contributed by atoms with Crippen molar-refractivity contribution in [3.63, 3.8) is 0 Å². The van der Waals surface area contributed by atoms with Crippen molar-refractivity contribution in [3.8, 4) is 11.5 Å². The normalized spacial score (nSPS) is 14.4. The summed E-state index contributed by atoms with van der Waals surface area (Å²) in [5.41, 5.74) is 1.78. The fraction of sp³-hybridized carbons (Fsp3) is 0.316. The van der Waals surface area contributed by atoms with E-state index in [1.54, 1.807) is 18.9 Å². The molecular weight excluding hydrogens is 290 g/mol. The van der Waals surface area contributed by atoms with Gasteiger partial charge in [0.2, 0.25) is 5.91 Å². The molecule has 0 radical (unpaired) electrons. The molecule has 0 bridgehead atoms. The van der Waals surface area contributed by atoms with Crippen LogP contribution in [0.4, 0.5) is 0 Å². The maximum absolute atomic E-state index is 13.0. The third-order valence-electron chi connectivity index (χ3n) is 4.19. The van der Waals surface area contributed by atoms with Crippen LogP contribution in [-0.2, 0) is 4.79 Å². The SMILES string of the molecule is CC(O)CCN(C)C(=O)C1c2ccccc2Oc2ccccc21. The zero-order chi connectivity index (χ0) is 16.4. The van der Waals surface area contributed by atoms with Crippen LogP contribution >= 0.6 is 0 Å². The summed E-state index contributed by atoms with van der Waals surface area (Å²) in [5, 5.41) is 9.45. The van der Waals surface area contributed by atoms with Gasteiger partial charge in [-0.2, -0.15) is 0 Å². The molecule has 4 heteroatoms. The number of carbonyl (C=O) groups excluding carboxylic acids is 1. The van der Waals surface area contributed by atoms with Gasteiger partial charge in [-0.25, -0.2) is 0 Å². The highest BCUT2D eigenvalue weighted by atomic mass is 16.5. The van der Waals surface area contributed by atoms with E-state index in [1.807, 2.05) is 48.5 Å². The molecule has 0 aromatic heterocycles. The van der Waals surface area contributed by atoms with Gasteiger partial charge < -0.3 is 14.7 Å². The van der Waals surface area contributed by atoms with Gasteiger partial charge in [0.05, 0.1) is 12.0 Å². The van der Waals surface area contributed by atoms with E-state index in [1.165, 1.54) is 0 Å². The topological polar surface area (TPSA) is 49.8 Å². The first kappa shape index (κ1) is 15.6. The highest BCUT2D eigenvalue weighted by Crippen LogP contribution is 2.44. The number of aliphatic hydroxyl groups is 1. The molecule has 0 aliphatic carbocycles. The number of amides is 1. The number of rotatable bonds is 4. The minimum atomic E-state index is -0.417. The summed E-state index contributed by atoms with van der Waals surface area (Å²) in [7, 11) is 1.78. The van der Waals surface area contributed by atoms with Crippen molar-refractivity contribution < 1.29 is 14.6 Å². The molecule has 4 nitrogen and oxygen atoms in total. The summed E-state index contributed by atoms with van der Waals surface area (Å²) in [6.45, 7) is 2.26. The fourth-order valence-corrected chi connectivity index (χ4v) is 2.89. The predicted molar refractivity (Wildman–Crippen MR) is 88.7 cm³/mol. The van der Waals surface area contributed by atoms with Crippen molar-refractivity contribution in [2.75, 3.05) is 13.6 Å². The van der Waals surface area contributed by atoms with Crippen LogP contribution < -0.4 is 4.74 Å². The molecule has 1 aliphatic rings. The lowest BCUT2D eigenvalue weighted by Gasteiger charge is -2.30. The summed E-state index contributed by atoms with van der Waals surface area (Å²) in [5.74, 6) is 1.12. The van der Waals surface area contributed by atoms with Crippen molar-refractivity contribution in [2.45, 2.75) is 25.4 Å². The minimum Gasteiger partial charge on any atom is -0.457 e. The largest absolute Gasteiger partial charge is 0.457 e. The van der Waals surface area contributed by atoms with Crippen molar-refractivity contribution >= 4 is 5.91 Å². The maximum atomic E-state index is 13.0. The third kappa shape index (κ3) is 3.08. The minimum absolute atomic E-state index is 0.0221. The molecule has 23 heavy (non-hydrogen) atoms. The molecule has 2 aromatic carbocycles. The lowest BCUT2D eigenvalue weighted by Crippen LogP contribution is -2.35. The molecule has 120 valence electrons. The van der Waals surface area contributed by atoms with Gasteiger partial charge in [0.25, 0.3) is 0 Å². The molecule has 2 aromatic rings. The first-order valence-electron chi connectivity index (χ1n) is 7.86. The van der Waals surface area contributed by atoms with Crippen LogP contribution in [0.15, 0.2) is 48.5 Å². The second kappa shape index (κ2) is 6.42. The Bertz CT molecular complexity index is 666. The van der Waals surface area contributed by atoms with E-state index in [2.05, 4.69) is 0 Å². The molecule has 1 atom stereocenters. The van der Waals surface area contributed by atoms with Gasteiger partial charge >= 0.3 is 0 Å². The van der Waals surface area contributed by atoms with E-state index in [-0.39, 0.29) is 11.8 Å². The summed E-state index contributed by atoms with van der Waals surface area (Å²) < 4.78 is 5.93. The molecule has 3 rings (SSSR count). The average Bonchev–Trinajstić information content (AvgIpc) is 2.56. The predicted octanol–water partition coefficient (Wildman–Crippen LogP) is 3.15. The molecule has 0 spiro atoms. The molecule has 1 N–H and O–H groups in total. The van der Waals surface area contributed by atoms with Gasteiger partial charge in [-0.05, 0) is 25.5 Å². The Morgan fingerprint density at radius 3 is 2.17 bits per heavy atom. The third-order valence-corrected chi connectivity index (χ3v) is 4.19. The van der Waals surface area contributed by atoms with E-state index >= 15 is 0 Å². The summed E-state index contributed by atoms with van der Waals surface area (Å²) in [6, 6.07) is 15.3. The maximum Gasteiger partial charge on any atom is 0.234 e. The number of para-hydroxylation sites is 2. The van der Waals surface area contributed by atoms with Crippen LogP contribution in [-0.4, -0.2) is 35.6 Å². The van der Waals surface area contributed by atoms with E-state index in [9.17, 15) is 9.90 Å². The van der Waals surface area contributed by atoms with Gasteiger partial charge in [0.1, 0.15) is 11.5 Å². The first-order chi connectivity index (χ1) is 11.1. The number of ether oxygens (including phenoxy) is 1. The van der Waals surface area contributed by atoms with Crippen molar-refractivity contribution in [2.24, 2.45) is 0 Å². The smallest absolute Gasteiger partial charge is 0.234 e. The molecule has 0 saturated heterocycles. The number of fused-ring (bicyclic) bond motifs is 2. The van der Waals surface area contributed by atoms with Gasteiger partial charge in [-0.3, -0.25) is 4.79 Å². The van der Waals surface area contributed by atoms with E-state index < -0.39 is 6.10 Å². The lowest BCUT2D eigenvalue weighted by atomic mass is 9.87. The number of hydrogen-bond donors (Lipinski definition) is 1. The van der Waals surface area contributed by atoms with E-state index in [0.29, 0.717) is 13.0 Å². The molecule has 0 fully saturated rings. The van der Waals surface area contributed by atoms with Gasteiger partial charge in [-0.1, -0.05) is 36.4 Å². The number of hydrogen-bond acceptors (Lipinski definition) is 3. The quantitative estimate of drug-likeness (QED) is 0.943. The van der Waals surface area contributed by atoms with Crippen LogP contribution in [0.2, 0.25) is 0 Å². The summed E-state index contributed by atoms with van der Waals surface area (Å²) in [6.07, 6.45) is 0.147. The Kier molecular flexibility index (Phi) is 4.35. The molecule has 1 unspecified atom stereocenters. The second-order valence-electron chi connectivity index (χ2n) is 6.01. The molecular formula is C19H21NO3. The Balaban J connectivity index is 1.96. The number of carbonyl (C=O) groups is 1. The van der Waals surface area contributed by atoms with Crippen molar-refractivity contribution in [3.05, 3.63) is 59.7 Å². The average molecular weight is 311 g/mol. The summed E-state index contributed by atoms with van der Waals surface area (Å²) >= 11 is 0. The van der Waals surface area contributed by atoms with E-state index in [0.717, 1.165) is 22.6 Å². The molecule has 1 heterocycles. The van der Waals surface area contributed by atoms with Gasteiger partial charge in [0, 0.05) is 24.7 Å². The van der Waals surface area contributed by atoms with Crippen LogP contribution in [0, 0.1) is 0 Å². The summed E-state index contributed by atoms with van der Waals surface area (Å²) in [4.78, 5) is 14.7. The number of benzene rings is 2. The Hall–Kier alpha value is -2.33. The highest BCUT2D eigenvalue weighted by Gasteiger charge is 2.33. The second-order valence-corrected chi connectivity index (χ2v) is 6.01. The zero-order valence-electron chi connectivity index (χ0n) is 13.4. The zero-order valence-corrected chi connectivity index (χ0v) is 13.4. The van der Waals surface area contributed by atoms with Crippen LogP contribution in [0.5, 0.6) is 11.5 Å².